The molecule has 0 spiro atoms. The lowest BCUT2D eigenvalue weighted by Crippen LogP contribution is -2.29. The normalized spacial score (nSPS) is 26.9. The fourth-order valence-electron chi connectivity index (χ4n) is 3.17. The van der Waals surface area contributed by atoms with E-state index in [4.69, 9.17) is 0 Å². The van der Waals surface area contributed by atoms with Gasteiger partial charge in [-0.2, -0.15) is 11.8 Å². The number of fused-ring (bicyclic) bond motifs is 1. The molecular weight excluding hydrogens is 242 g/mol. The van der Waals surface area contributed by atoms with Gasteiger partial charge in [0, 0.05) is 22.5 Å². The van der Waals surface area contributed by atoms with Gasteiger partial charge in [-0.25, -0.2) is 9.97 Å². The maximum absolute atomic E-state index is 4.47. The topological polar surface area (TPSA) is 37.8 Å². The first-order chi connectivity index (χ1) is 8.86. The Bertz CT molecular complexity index is 422. The molecule has 4 heteroatoms. The summed E-state index contributed by atoms with van der Waals surface area (Å²) in [5.41, 5.74) is 2.65. The third kappa shape index (κ3) is 2.48. The second kappa shape index (κ2) is 5.47. The zero-order valence-electron chi connectivity index (χ0n) is 11.0. The van der Waals surface area contributed by atoms with Gasteiger partial charge < -0.3 is 5.32 Å². The summed E-state index contributed by atoms with van der Waals surface area (Å²) >= 11 is 2.01. The van der Waals surface area contributed by atoms with Gasteiger partial charge in [0.05, 0.1) is 0 Å². The van der Waals surface area contributed by atoms with Gasteiger partial charge in [-0.1, -0.05) is 6.42 Å². The van der Waals surface area contributed by atoms with Crippen molar-refractivity contribution in [2.24, 2.45) is 0 Å². The highest BCUT2D eigenvalue weighted by Gasteiger charge is 2.24. The molecule has 1 fully saturated rings. The second-order valence-electron chi connectivity index (χ2n) is 5.37. The number of anilines is 1. The minimum absolute atomic E-state index is 0.607. The van der Waals surface area contributed by atoms with Crippen LogP contribution >= 0.6 is 11.8 Å². The molecule has 18 heavy (non-hydrogen) atoms. The fourth-order valence-corrected chi connectivity index (χ4v) is 3.99. The van der Waals surface area contributed by atoms with Crippen LogP contribution in [0.1, 0.15) is 43.4 Å². The number of nitrogens with zero attached hydrogens (tertiary/aromatic N) is 2. The molecule has 1 N–H and O–H groups in total. The average molecular weight is 263 g/mol. The first-order valence-corrected chi connectivity index (χ1v) is 8.27. The fraction of sp³-hybridized carbons (Fsp3) is 0.714. The summed E-state index contributed by atoms with van der Waals surface area (Å²) < 4.78 is 0. The Kier molecular flexibility index (Phi) is 3.73. The molecule has 3 rings (SSSR count). The third-order valence-electron chi connectivity index (χ3n) is 4.18. The predicted octanol–water partition coefficient (Wildman–Crippen LogP) is 3.05. The van der Waals surface area contributed by atoms with E-state index in [0.717, 1.165) is 23.9 Å². The van der Waals surface area contributed by atoms with E-state index in [2.05, 4.69) is 21.5 Å². The monoisotopic (exact) mass is 263 g/mol. The summed E-state index contributed by atoms with van der Waals surface area (Å²) in [4.78, 5) is 8.86. The number of hydrogen-bond donors (Lipinski definition) is 1. The van der Waals surface area contributed by atoms with Crippen LogP contribution in [0.3, 0.4) is 0 Å². The lowest BCUT2D eigenvalue weighted by atomic mass is 9.95. The highest BCUT2D eigenvalue weighted by atomic mass is 32.2. The minimum atomic E-state index is 0.607. The van der Waals surface area contributed by atoms with Crippen LogP contribution in [0.5, 0.6) is 0 Å². The van der Waals surface area contributed by atoms with Gasteiger partial charge in [-0.3, -0.25) is 0 Å². The van der Waals surface area contributed by atoms with Crippen molar-refractivity contribution in [2.45, 2.75) is 56.2 Å². The van der Waals surface area contributed by atoms with Crippen molar-refractivity contribution in [3.05, 3.63) is 17.6 Å². The van der Waals surface area contributed by atoms with E-state index in [1.165, 1.54) is 43.4 Å². The van der Waals surface area contributed by atoms with Gasteiger partial charge in [0.15, 0.2) is 0 Å². The van der Waals surface area contributed by atoms with Gasteiger partial charge in [-0.15, -0.1) is 0 Å². The van der Waals surface area contributed by atoms with Gasteiger partial charge >= 0.3 is 0 Å². The zero-order valence-corrected chi connectivity index (χ0v) is 11.8. The Morgan fingerprint density at radius 3 is 3.06 bits per heavy atom. The highest BCUT2D eigenvalue weighted by Crippen LogP contribution is 2.31. The Morgan fingerprint density at radius 1 is 1.22 bits per heavy atom. The van der Waals surface area contributed by atoms with E-state index in [1.807, 2.05) is 11.8 Å². The molecular formula is C14H21N3S. The van der Waals surface area contributed by atoms with Gasteiger partial charge in [0.25, 0.3) is 0 Å². The van der Waals surface area contributed by atoms with E-state index in [1.54, 1.807) is 6.33 Å². The molecule has 0 aliphatic heterocycles. The summed E-state index contributed by atoms with van der Waals surface area (Å²) in [5, 5.41) is 4.51. The van der Waals surface area contributed by atoms with Crippen molar-refractivity contribution >= 4 is 17.6 Å². The number of hydrogen-bond acceptors (Lipinski definition) is 4. The van der Waals surface area contributed by atoms with Gasteiger partial charge in [0.1, 0.15) is 12.1 Å². The van der Waals surface area contributed by atoms with Gasteiger partial charge in [-0.05, 0) is 44.8 Å². The SMILES string of the molecule is CSC1CCCC(Nc2ncnc3c2CCC3)C1. The first-order valence-electron chi connectivity index (χ1n) is 6.99. The molecule has 2 atom stereocenters. The van der Waals surface area contributed by atoms with Crippen LogP contribution in [0, 0.1) is 0 Å². The Labute approximate surface area is 113 Å². The minimum Gasteiger partial charge on any atom is -0.367 e. The summed E-state index contributed by atoms with van der Waals surface area (Å²) in [6.45, 7) is 0. The quantitative estimate of drug-likeness (QED) is 0.909. The molecule has 1 aromatic heterocycles. The number of nitrogens with one attached hydrogen (secondary N) is 1. The molecule has 1 aromatic rings. The van der Waals surface area contributed by atoms with Crippen molar-refractivity contribution < 1.29 is 0 Å². The Morgan fingerprint density at radius 2 is 2.17 bits per heavy atom. The number of thioether (sulfide) groups is 1. The second-order valence-corrected chi connectivity index (χ2v) is 6.50. The molecule has 2 aliphatic rings. The summed E-state index contributed by atoms with van der Waals surface area (Å²) in [5.74, 6) is 1.12. The molecule has 0 amide bonds. The standard InChI is InChI=1S/C14H21N3S/c1-18-11-5-2-4-10(8-11)17-14-12-6-3-7-13(12)15-9-16-14/h9-11H,2-8H2,1H3,(H,15,16,17). The highest BCUT2D eigenvalue weighted by molar-refractivity contribution is 7.99. The van der Waals surface area contributed by atoms with Crippen LogP contribution < -0.4 is 5.32 Å². The summed E-state index contributed by atoms with van der Waals surface area (Å²) in [6.07, 6.45) is 12.8. The predicted molar refractivity (Wildman–Crippen MR) is 77.2 cm³/mol. The Hall–Kier alpha value is -0.770. The van der Waals surface area contributed by atoms with Crippen LogP contribution in [0.2, 0.25) is 0 Å². The van der Waals surface area contributed by atoms with Crippen molar-refractivity contribution in [2.75, 3.05) is 11.6 Å². The molecule has 1 saturated carbocycles. The molecule has 98 valence electrons. The molecule has 2 aliphatic carbocycles. The maximum Gasteiger partial charge on any atom is 0.133 e. The van der Waals surface area contributed by atoms with Crippen LogP contribution in [-0.2, 0) is 12.8 Å². The zero-order chi connectivity index (χ0) is 12.4. The first kappa shape index (κ1) is 12.3. The van der Waals surface area contributed by atoms with Crippen molar-refractivity contribution in [3.8, 4) is 0 Å². The van der Waals surface area contributed by atoms with Gasteiger partial charge in [0.2, 0.25) is 0 Å². The largest absolute Gasteiger partial charge is 0.367 e. The maximum atomic E-state index is 4.47. The number of aryl methyl sites for hydroxylation is 1. The van der Waals surface area contributed by atoms with Crippen molar-refractivity contribution in [1.82, 2.24) is 9.97 Å². The van der Waals surface area contributed by atoms with E-state index in [9.17, 15) is 0 Å². The third-order valence-corrected chi connectivity index (χ3v) is 5.27. The number of aromatic nitrogens is 2. The van der Waals surface area contributed by atoms with E-state index >= 15 is 0 Å². The molecule has 0 radical (unpaired) electrons. The van der Waals surface area contributed by atoms with Crippen LogP contribution in [0.15, 0.2) is 6.33 Å². The van der Waals surface area contributed by atoms with Crippen LogP contribution in [0.25, 0.3) is 0 Å². The van der Waals surface area contributed by atoms with E-state index in [0.29, 0.717) is 6.04 Å². The van der Waals surface area contributed by atoms with Crippen LogP contribution in [-0.4, -0.2) is 27.5 Å². The molecule has 3 nitrogen and oxygen atoms in total. The average Bonchev–Trinajstić information content (AvgIpc) is 2.88. The van der Waals surface area contributed by atoms with Crippen molar-refractivity contribution in [3.63, 3.8) is 0 Å². The molecule has 2 unspecified atom stereocenters. The number of rotatable bonds is 3. The lowest BCUT2D eigenvalue weighted by molar-refractivity contribution is 0.472. The molecule has 0 saturated heterocycles. The lowest BCUT2D eigenvalue weighted by Gasteiger charge is -2.29. The molecule has 0 aromatic carbocycles. The van der Waals surface area contributed by atoms with Crippen LogP contribution in [0.4, 0.5) is 5.82 Å². The Balaban J connectivity index is 1.71. The summed E-state index contributed by atoms with van der Waals surface area (Å²) in [6, 6.07) is 0.607. The molecule has 0 bridgehead atoms. The smallest absolute Gasteiger partial charge is 0.133 e. The van der Waals surface area contributed by atoms with E-state index < -0.39 is 0 Å². The summed E-state index contributed by atoms with van der Waals surface area (Å²) in [7, 11) is 0. The van der Waals surface area contributed by atoms with Crippen molar-refractivity contribution in [1.29, 1.82) is 0 Å². The van der Waals surface area contributed by atoms with E-state index in [-0.39, 0.29) is 0 Å². The molecule has 1 heterocycles.